The van der Waals surface area contributed by atoms with Crippen LogP contribution in [-0.4, -0.2) is 24.3 Å². The summed E-state index contributed by atoms with van der Waals surface area (Å²) in [5, 5.41) is 12.7. The second-order valence-corrected chi connectivity index (χ2v) is 5.89. The van der Waals surface area contributed by atoms with Crippen LogP contribution >= 0.6 is 0 Å². The number of nitriles is 1. The van der Waals surface area contributed by atoms with Gasteiger partial charge in [-0.05, 0) is 32.7 Å². The van der Waals surface area contributed by atoms with Gasteiger partial charge in [-0.15, -0.1) is 0 Å². The first-order chi connectivity index (χ1) is 9.15. The van der Waals surface area contributed by atoms with Crippen molar-refractivity contribution in [3.63, 3.8) is 0 Å². The van der Waals surface area contributed by atoms with Crippen LogP contribution in [0.4, 0.5) is 0 Å². The molecule has 1 N–H and O–H groups in total. The van der Waals surface area contributed by atoms with Crippen LogP contribution in [0.3, 0.4) is 0 Å². The van der Waals surface area contributed by atoms with Crippen molar-refractivity contribution >= 4 is 0 Å². The average Bonchev–Trinajstić information content (AvgIpc) is 2.79. The molecule has 0 saturated heterocycles. The van der Waals surface area contributed by atoms with Crippen LogP contribution < -0.4 is 5.32 Å². The van der Waals surface area contributed by atoms with Crippen LogP contribution in [0.25, 0.3) is 0 Å². The molecule has 0 radical (unpaired) electrons. The maximum absolute atomic E-state index is 9.33. The number of hydrogen-bond donors (Lipinski definition) is 1. The van der Waals surface area contributed by atoms with Crippen molar-refractivity contribution in [3.05, 3.63) is 0 Å². The highest BCUT2D eigenvalue weighted by molar-refractivity contribution is 5.12. The van der Waals surface area contributed by atoms with Gasteiger partial charge in [-0.3, -0.25) is 5.32 Å². The molecule has 0 bridgehead atoms. The number of nitrogens with one attached hydrogen (secondary N) is 1. The molecule has 0 aromatic carbocycles. The molecular formula is C16H30N2O. The Morgan fingerprint density at radius 2 is 2.16 bits per heavy atom. The molecule has 3 atom stereocenters. The number of hydrogen-bond acceptors (Lipinski definition) is 3. The van der Waals surface area contributed by atoms with Gasteiger partial charge < -0.3 is 4.74 Å². The van der Waals surface area contributed by atoms with E-state index < -0.39 is 0 Å². The predicted molar refractivity (Wildman–Crippen MR) is 79.0 cm³/mol. The van der Waals surface area contributed by atoms with E-state index >= 15 is 0 Å². The highest BCUT2D eigenvalue weighted by Gasteiger charge is 2.39. The molecule has 1 aliphatic carbocycles. The van der Waals surface area contributed by atoms with Crippen LogP contribution in [0, 0.1) is 11.3 Å². The largest absolute Gasteiger partial charge is 0.375 e. The lowest BCUT2D eigenvalue weighted by atomic mass is 10.00. The van der Waals surface area contributed by atoms with Crippen molar-refractivity contribution in [2.75, 3.05) is 6.54 Å². The third kappa shape index (κ3) is 5.50. The SMILES string of the molecule is CCCCCCC(C)OC1CCC(C#N)(NCC)C1. The molecule has 0 amide bonds. The topological polar surface area (TPSA) is 45.0 Å². The predicted octanol–water partition coefficient (Wildman–Crippen LogP) is 3.79. The number of rotatable bonds is 9. The van der Waals surface area contributed by atoms with Crippen molar-refractivity contribution < 1.29 is 4.74 Å². The molecule has 0 aromatic heterocycles. The normalized spacial score (nSPS) is 28.2. The van der Waals surface area contributed by atoms with E-state index in [0.29, 0.717) is 6.10 Å². The first-order valence-electron chi connectivity index (χ1n) is 7.97. The van der Waals surface area contributed by atoms with Gasteiger partial charge in [-0.25, -0.2) is 0 Å². The number of ether oxygens (including phenoxy) is 1. The number of unbranched alkanes of at least 4 members (excludes halogenated alkanes) is 3. The molecular weight excluding hydrogens is 236 g/mol. The zero-order chi connectivity index (χ0) is 14.1. The average molecular weight is 266 g/mol. The van der Waals surface area contributed by atoms with Crippen LogP contribution in [0.2, 0.25) is 0 Å². The Bertz CT molecular complexity index is 287. The fourth-order valence-corrected chi connectivity index (χ4v) is 3.01. The first kappa shape index (κ1) is 16.5. The minimum Gasteiger partial charge on any atom is -0.375 e. The highest BCUT2D eigenvalue weighted by atomic mass is 16.5. The van der Waals surface area contributed by atoms with Gasteiger partial charge in [0, 0.05) is 6.42 Å². The quantitative estimate of drug-likeness (QED) is 0.646. The van der Waals surface area contributed by atoms with E-state index in [1.807, 2.05) is 0 Å². The Hall–Kier alpha value is -0.590. The maximum Gasteiger partial charge on any atom is 0.109 e. The Kier molecular flexibility index (Phi) is 7.41. The van der Waals surface area contributed by atoms with Crippen LogP contribution in [0.1, 0.15) is 72.1 Å². The Morgan fingerprint density at radius 3 is 2.79 bits per heavy atom. The van der Waals surface area contributed by atoms with Gasteiger partial charge in [0.2, 0.25) is 0 Å². The summed E-state index contributed by atoms with van der Waals surface area (Å²) in [6.45, 7) is 7.32. The molecule has 1 rings (SSSR count). The molecule has 1 saturated carbocycles. The lowest BCUT2D eigenvalue weighted by molar-refractivity contribution is -0.00542. The molecule has 3 unspecified atom stereocenters. The summed E-state index contributed by atoms with van der Waals surface area (Å²) < 4.78 is 6.10. The van der Waals surface area contributed by atoms with E-state index in [9.17, 15) is 5.26 Å². The van der Waals surface area contributed by atoms with Crippen molar-refractivity contribution in [3.8, 4) is 6.07 Å². The van der Waals surface area contributed by atoms with Gasteiger partial charge in [-0.2, -0.15) is 5.26 Å². The zero-order valence-electron chi connectivity index (χ0n) is 12.9. The summed E-state index contributed by atoms with van der Waals surface area (Å²) in [7, 11) is 0. The minimum absolute atomic E-state index is 0.264. The lowest BCUT2D eigenvalue weighted by Crippen LogP contribution is -2.42. The zero-order valence-corrected chi connectivity index (χ0v) is 12.9. The van der Waals surface area contributed by atoms with Crippen LogP contribution in [0.15, 0.2) is 0 Å². The summed E-state index contributed by atoms with van der Waals surface area (Å²) in [4.78, 5) is 0. The second-order valence-electron chi connectivity index (χ2n) is 5.89. The smallest absolute Gasteiger partial charge is 0.109 e. The minimum atomic E-state index is -0.332. The van der Waals surface area contributed by atoms with E-state index in [4.69, 9.17) is 4.74 Å². The summed E-state index contributed by atoms with van der Waals surface area (Å²) >= 11 is 0. The van der Waals surface area contributed by atoms with Gasteiger partial charge in [0.05, 0.1) is 18.3 Å². The van der Waals surface area contributed by atoms with E-state index in [0.717, 1.165) is 32.2 Å². The summed E-state index contributed by atoms with van der Waals surface area (Å²) in [6.07, 6.45) is 9.71. The Labute approximate surface area is 118 Å². The summed E-state index contributed by atoms with van der Waals surface area (Å²) in [5.41, 5.74) is -0.332. The molecule has 1 fully saturated rings. The van der Waals surface area contributed by atoms with Crippen molar-refractivity contribution in [1.82, 2.24) is 5.32 Å². The Morgan fingerprint density at radius 1 is 1.37 bits per heavy atom. The van der Waals surface area contributed by atoms with Gasteiger partial charge in [0.1, 0.15) is 5.54 Å². The summed E-state index contributed by atoms with van der Waals surface area (Å²) in [5.74, 6) is 0. The fraction of sp³-hybridized carbons (Fsp3) is 0.938. The van der Waals surface area contributed by atoms with Crippen molar-refractivity contribution in [2.24, 2.45) is 0 Å². The molecule has 0 spiro atoms. The van der Waals surface area contributed by atoms with Crippen molar-refractivity contribution in [1.29, 1.82) is 5.26 Å². The van der Waals surface area contributed by atoms with Crippen LogP contribution in [-0.2, 0) is 4.74 Å². The second kappa shape index (κ2) is 8.55. The summed E-state index contributed by atoms with van der Waals surface area (Å²) in [6, 6.07) is 2.45. The highest BCUT2D eigenvalue weighted by Crippen LogP contribution is 2.32. The Balaban J connectivity index is 2.25. The fourth-order valence-electron chi connectivity index (χ4n) is 3.01. The molecule has 3 heteroatoms. The van der Waals surface area contributed by atoms with Gasteiger partial charge in [0.15, 0.2) is 0 Å². The van der Waals surface area contributed by atoms with E-state index in [2.05, 4.69) is 32.2 Å². The number of nitrogens with zero attached hydrogens (tertiary/aromatic N) is 1. The molecule has 3 nitrogen and oxygen atoms in total. The van der Waals surface area contributed by atoms with E-state index in [1.165, 1.54) is 25.7 Å². The molecule has 0 aliphatic heterocycles. The third-order valence-electron chi connectivity index (χ3n) is 4.09. The van der Waals surface area contributed by atoms with Gasteiger partial charge in [0.25, 0.3) is 0 Å². The van der Waals surface area contributed by atoms with Crippen LogP contribution in [0.5, 0.6) is 0 Å². The molecule has 19 heavy (non-hydrogen) atoms. The molecule has 110 valence electrons. The molecule has 0 aromatic rings. The standard InChI is InChI=1S/C16H30N2O/c1-4-6-7-8-9-14(3)19-15-10-11-16(12-15,13-17)18-5-2/h14-15,18H,4-12H2,1-3H3. The van der Waals surface area contributed by atoms with Gasteiger partial charge in [-0.1, -0.05) is 39.5 Å². The van der Waals surface area contributed by atoms with E-state index in [1.54, 1.807) is 0 Å². The third-order valence-corrected chi connectivity index (χ3v) is 4.09. The monoisotopic (exact) mass is 266 g/mol. The lowest BCUT2D eigenvalue weighted by Gasteiger charge is -2.23. The molecule has 1 aliphatic rings. The van der Waals surface area contributed by atoms with Crippen molar-refractivity contribution in [2.45, 2.75) is 89.9 Å². The van der Waals surface area contributed by atoms with Gasteiger partial charge >= 0.3 is 0 Å². The maximum atomic E-state index is 9.33. The van der Waals surface area contributed by atoms with E-state index in [-0.39, 0.29) is 11.6 Å². The molecule has 0 heterocycles. The first-order valence-corrected chi connectivity index (χ1v) is 7.97.